The second kappa shape index (κ2) is 5.99. The fraction of sp³-hybridized carbons (Fsp3) is 0.308. The summed E-state index contributed by atoms with van der Waals surface area (Å²) in [5.41, 5.74) is -0.249. The van der Waals surface area contributed by atoms with Crippen LogP contribution in [0.5, 0.6) is 0 Å². The van der Waals surface area contributed by atoms with Gasteiger partial charge in [0.15, 0.2) is 0 Å². The molecule has 0 unspecified atom stereocenters. The average Bonchev–Trinajstić information content (AvgIpc) is 2.42. The zero-order valence-corrected chi connectivity index (χ0v) is 10.4. The number of carbonyl (C=O) groups is 1. The number of aromatic nitrogens is 2. The molecule has 2 N–H and O–H groups in total. The van der Waals surface area contributed by atoms with E-state index in [0.717, 1.165) is 12.8 Å². The molecule has 0 saturated carbocycles. The van der Waals surface area contributed by atoms with Gasteiger partial charge in [0, 0.05) is 30.9 Å². The van der Waals surface area contributed by atoms with Crippen molar-refractivity contribution in [2.24, 2.45) is 0 Å². The van der Waals surface area contributed by atoms with E-state index in [1.165, 1.54) is 16.8 Å². The molecule has 1 aromatic heterocycles. The zero-order chi connectivity index (χ0) is 13.7. The minimum atomic E-state index is -0.474. The highest BCUT2D eigenvalue weighted by molar-refractivity contribution is 5.96. The molecule has 0 aromatic carbocycles. The number of hydrogen-bond donors (Lipinski definition) is 2. The van der Waals surface area contributed by atoms with Crippen LogP contribution < -0.4 is 16.6 Å². The lowest BCUT2D eigenvalue weighted by atomic mass is 10.1. The molecule has 0 bridgehead atoms. The predicted octanol–water partition coefficient (Wildman–Crippen LogP) is -0.0708. The highest BCUT2D eigenvalue weighted by atomic mass is 16.2. The lowest BCUT2D eigenvalue weighted by molar-refractivity contribution is -0.117. The topological polar surface area (TPSA) is 84.0 Å². The summed E-state index contributed by atoms with van der Waals surface area (Å²) >= 11 is 0. The van der Waals surface area contributed by atoms with Gasteiger partial charge in [0.05, 0.1) is 0 Å². The molecule has 6 nitrogen and oxygen atoms in total. The minimum Gasteiger partial charge on any atom is -0.350 e. The summed E-state index contributed by atoms with van der Waals surface area (Å²) in [5.74, 6) is -0.145. The molecule has 0 aliphatic heterocycles. The van der Waals surface area contributed by atoms with Crippen LogP contribution in [0.25, 0.3) is 0 Å². The molecule has 0 atom stereocenters. The first-order chi connectivity index (χ1) is 9.16. The number of aromatic amines is 1. The molecule has 0 spiro atoms. The van der Waals surface area contributed by atoms with Crippen LogP contribution in [0.15, 0.2) is 45.7 Å². The van der Waals surface area contributed by atoms with E-state index in [4.69, 9.17) is 0 Å². The van der Waals surface area contributed by atoms with Crippen molar-refractivity contribution in [1.82, 2.24) is 14.9 Å². The largest absolute Gasteiger partial charge is 0.350 e. The molecular formula is C13H15N3O3. The van der Waals surface area contributed by atoms with Gasteiger partial charge in [-0.15, -0.1) is 0 Å². The third-order valence-electron chi connectivity index (χ3n) is 2.79. The molecule has 1 aliphatic rings. The van der Waals surface area contributed by atoms with E-state index in [0.29, 0.717) is 18.7 Å². The Bertz CT molecular complexity index is 637. The number of hydrogen-bond acceptors (Lipinski definition) is 3. The molecule has 0 saturated heterocycles. The number of carbonyl (C=O) groups excluding carboxylic acids is 1. The van der Waals surface area contributed by atoms with Crippen molar-refractivity contribution in [2.45, 2.75) is 19.4 Å². The summed E-state index contributed by atoms with van der Waals surface area (Å²) in [6.45, 7) is 0.647. The summed E-state index contributed by atoms with van der Waals surface area (Å²) in [6.07, 6.45) is 8.89. The van der Waals surface area contributed by atoms with Gasteiger partial charge in [-0.3, -0.25) is 19.1 Å². The van der Waals surface area contributed by atoms with E-state index in [2.05, 4.69) is 10.3 Å². The minimum absolute atomic E-state index is 0.145. The number of rotatable bonds is 4. The normalized spacial score (nSPS) is 14.0. The quantitative estimate of drug-likeness (QED) is 0.795. The smallest absolute Gasteiger partial charge is 0.328 e. The van der Waals surface area contributed by atoms with Gasteiger partial charge in [-0.1, -0.05) is 18.2 Å². The average molecular weight is 261 g/mol. The van der Waals surface area contributed by atoms with E-state index in [9.17, 15) is 14.4 Å². The number of nitrogens with one attached hydrogen (secondary N) is 2. The fourth-order valence-corrected chi connectivity index (χ4v) is 1.79. The van der Waals surface area contributed by atoms with Crippen LogP contribution in [-0.4, -0.2) is 22.0 Å². The SMILES string of the molecule is O=C(NCCn1ccc(=O)[nH]c1=O)C1=CCCC=C1. The lowest BCUT2D eigenvalue weighted by Crippen LogP contribution is -2.34. The van der Waals surface area contributed by atoms with Crippen molar-refractivity contribution in [3.63, 3.8) is 0 Å². The second-order valence-corrected chi connectivity index (χ2v) is 4.20. The van der Waals surface area contributed by atoms with Crippen LogP contribution in [-0.2, 0) is 11.3 Å². The van der Waals surface area contributed by atoms with Gasteiger partial charge in [-0.2, -0.15) is 0 Å². The maximum absolute atomic E-state index is 11.8. The first-order valence-corrected chi connectivity index (χ1v) is 6.11. The first-order valence-electron chi connectivity index (χ1n) is 6.11. The summed E-state index contributed by atoms with van der Waals surface area (Å²) in [5, 5.41) is 2.73. The monoisotopic (exact) mass is 261 g/mol. The molecule has 6 heteroatoms. The fourth-order valence-electron chi connectivity index (χ4n) is 1.79. The van der Waals surface area contributed by atoms with Crippen LogP contribution in [0.4, 0.5) is 0 Å². The maximum atomic E-state index is 11.8. The molecule has 1 amide bonds. The molecule has 0 fully saturated rings. The first kappa shape index (κ1) is 13.1. The van der Waals surface area contributed by atoms with Crippen molar-refractivity contribution in [3.8, 4) is 0 Å². The number of amides is 1. The molecule has 1 heterocycles. The van der Waals surface area contributed by atoms with Gasteiger partial charge >= 0.3 is 5.69 Å². The van der Waals surface area contributed by atoms with E-state index >= 15 is 0 Å². The highest BCUT2D eigenvalue weighted by Gasteiger charge is 2.07. The van der Waals surface area contributed by atoms with Crippen LogP contribution in [0, 0.1) is 0 Å². The summed E-state index contributed by atoms with van der Waals surface area (Å²) in [6, 6.07) is 1.27. The molecule has 1 aliphatic carbocycles. The number of allylic oxidation sites excluding steroid dienone is 2. The molecule has 1 aromatic rings. The van der Waals surface area contributed by atoms with Crippen LogP contribution in [0.3, 0.4) is 0 Å². The van der Waals surface area contributed by atoms with Crippen molar-refractivity contribution in [3.05, 3.63) is 56.9 Å². The van der Waals surface area contributed by atoms with Gasteiger partial charge < -0.3 is 5.32 Å². The number of H-pyrrole nitrogens is 1. The zero-order valence-electron chi connectivity index (χ0n) is 10.4. The van der Waals surface area contributed by atoms with Crippen LogP contribution >= 0.6 is 0 Å². The molecular weight excluding hydrogens is 246 g/mol. The van der Waals surface area contributed by atoms with Gasteiger partial charge in [-0.25, -0.2) is 4.79 Å². The maximum Gasteiger partial charge on any atom is 0.328 e. The Labute approximate surface area is 109 Å². The third kappa shape index (κ3) is 3.54. The second-order valence-electron chi connectivity index (χ2n) is 4.20. The van der Waals surface area contributed by atoms with Gasteiger partial charge in [0.1, 0.15) is 0 Å². The van der Waals surface area contributed by atoms with E-state index in [-0.39, 0.29) is 5.91 Å². The molecule has 0 radical (unpaired) electrons. The Morgan fingerprint density at radius 1 is 1.37 bits per heavy atom. The van der Waals surface area contributed by atoms with E-state index < -0.39 is 11.2 Å². The Hall–Kier alpha value is -2.37. The van der Waals surface area contributed by atoms with Gasteiger partial charge in [0.25, 0.3) is 11.5 Å². The summed E-state index contributed by atoms with van der Waals surface area (Å²) < 4.78 is 1.34. The third-order valence-corrected chi connectivity index (χ3v) is 2.79. The van der Waals surface area contributed by atoms with Gasteiger partial charge in [0.2, 0.25) is 0 Å². The Balaban J connectivity index is 1.88. The van der Waals surface area contributed by atoms with Crippen molar-refractivity contribution in [2.75, 3.05) is 6.54 Å². The Kier molecular flexibility index (Phi) is 4.12. The standard InChI is InChI=1S/C13H15N3O3/c17-11-6-8-16(13(19)15-11)9-7-14-12(18)10-4-2-1-3-5-10/h2,4-6,8H,1,3,7,9H2,(H,14,18)(H,15,17,19). The van der Waals surface area contributed by atoms with Crippen LogP contribution in [0.2, 0.25) is 0 Å². The lowest BCUT2D eigenvalue weighted by Gasteiger charge is -2.09. The highest BCUT2D eigenvalue weighted by Crippen LogP contribution is 2.08. The Morgan fingerprint density at radius 3 is 2.89 bits per heavy atom. The van der Waals surface area contributed by atoms with Crippen molar-refractivity contribution < 1.29 is 4.79 Å². The number of nitrogens with zero attached hydrogens (tertiary/aromatic N) is 1. The van der Waals surface area contributed by atoms with Gasteiger partial charge in [-0.05, 0) is 12.8 Å². The summed E-state index contributed by atoms with van der Waals surface area (Å²) in [7, 11) is 0. The van der Waals surface area contributed by atoms with Crippen molar-refractivity contribution >= 4 is 5.91 Å². The molecule has 100 valence electrons. The van der Waals surface area contributed by atoms with Crippen molar-refractivity contribution in [1.29, 1.82) is 0 Å². The van der Waals surface area contributed by atoms with E-state index in [1.807, 2.05) is 12.2 Å². The summed E-state index contributed by atoms with van der Waals surface area (Å²) in [4.78, 5) is 36.2. The Morgan fingerprint density at radius 2 is 2.21 bits per heavy atom. The van der Waals surface area contributed by atoms with E-state index in [1.54, 1.807) is 6.08 Å². The molecule has 2 rings (SSSR count). The van der Waals surface area contributed by atoms with Crippen LogP contribution in [0.1, 0.15) is 12.8 Å². The molecule has 19 heavy (non-hydrogen) atoms. The predicted molar refractivity (Wildman–Crippen MR) is 70.8 cm³/mol.